The molecular formula is C16H20N2O3. The number of likely N-dealkylation sites (tertiary alicyclic amines) is 1. The molecule has 0 bridgehead atoms. The molecular weight excluding hydrogens is 268 g/mol. The van der Waals surface area contributed by atoms with Gasteiger partial charge in [-0.3, -0.25) is 0 Å². The van der Waals surface area contributed by atoms with Crippen molar-refractivity contribution < 1.29 is 14.3 Å². The third-order valence-electron chi connectivity index (χ3n) is 3.50. The van der Waals surface area contributed by atoms with Gasteiger partial charge in [0.2, 0.25) is 0 Å². The van der Waals surface area contributed by atoms with E-state index in [0.29, 0.717) is 19.8 Å². The van der Waals surface area contributed by atoms with Crippen LogP contribution < -0.4 is 0 Å². The molecule has 5 nitrogen and oxygen atoms in total. The van der Waals surface area contributed by atoms with E-state index in [4.69, 9.17) is 14.7 Å². The van der Waals surface area contributed by atoms with Gasteiger partial charge >= 0.3 is 6.09 Å². The van der Waals surface area contributed by atoms with Crippen LogP contribution in [0.5, 0.6) is 0 Å². The maximum absolute atomic E-state index is 12.1. The first-order chi connectivity index (χ1) is 10.3. The van der Waals surface area contributed by atoms with Crippen molar-refractivity contribution in [3.05, 3.63) is 35.9 Å². The minimum Gasteiger partial charge on any atom is -0.445 e. The highest BCUT2D eigenvalue weighted by atomic mass is 16.6. The van der Waals surface area contributed by atoms with Crippen LogP contribution >= 0.6 is 0 Å². The highest BCUT2D eigenvalue weighted by Crippen LogP contribution is 2.18. The highest BCUT2D eigenvalue weighted by molar-refractivity contribution is 5.67. The smallest absolute Gasteiger partial charge is 0.410 e. The van der Waals surface area contributed by atoms with Crippen molar-refractivity contribution in [3.8, 4) is 6.07 Å². The number of ether oxygens (including phenoxy) is 2. The van der Waals surface area contributed by atoms with Crippen molar-refractivity contribution in [3.63, 3.8) is 0 Å². The predicted molar refractivity (Wildman–Crippen MR) is 77.4 cm³/mol. The van der Waals surface area contributed by atoms with Crippen LogP contribution in [0, 0.1) is 17.2 Å². The first kappa shape index (κ1) is 15.3. The third-order valence-corrected chi connectivity index (χ3v) is 3.50. The molecule has 0 saturated carbocycles. The molecule has 2 rings (SSSR count). The fourth-order valence-corrected chi connectivity index (χ4v) is 2.45. The van der Waals surface area contributed by atoms with E-state index in [2.05, 4.69) is 0 Å². The Morgan fingerprint density at radius 1 is 1.38 bits per heavy atom. The zero-order valence-corrected chi connectivity index (χ0v) is 12.0. The van der Waals surface area contributed by atoms with E-state index >= 15 is 0 Å². The number of nitrogens with zero attached hydrogens (tertiary/aromatic N) is 2. The summed E-state index contributed by atoms with van der Waals surface area (Å²) in [6, 6.07) is 11.6. The molecule has 5 heteroatoms. The van der Waals surface area contributed by atoms with Gasteiger partial charge < -0.3 is 14.4 Å². The monoisotopic (exact) mass is 288 g/mol. The van der Waals surface area contributed by atoms with Crippen LogP contribution in [0.4, 0.5) is 4.79 Å². The minimum absolute atomic E-state index is 0.106. The number of nitriles is 1. The number of benzene rings is 1. The van der Waals surface area contributed by atoms with E-state index in [1.54, 1.807) is 4.90 Å². The van der Waals surface area contributed by atoms with Crippen LogP contribution in [0.15, 0.2) is 30.3 Å². The molecule has 112 valence electrons. The van der Waals surface area contributed by atoms with Crippen molar-refractivity contribution in [2.45, 2.75) is 19.4 Å². The van der Waals surface area contributed by atoms with Gasteiger partial charge in [0.25, 0.3) is 0 Å². The van der Waals surface area contributed by atoms with Crippen molar-refractivity contribution in [2.24, 2.45) is 5.92 Å². The van der Waals surface area contributed by atoms with Gasteiger partial charge in [-0.2, -0.15) is 5.26 Å². The van der Waals surface area contributed by atoms with Crippen LogP contribution in [-0.2, 0) is 16.1 Å². The maximum atomic E-state index is 12.1. The van der Waals surface area contributed by atoms with Gasteiger partial charge in [-0.15, -0.1) is 0 Å². The molecule has 1 atom stereocenters. The summed E-state index contributed by atoms with van der Waals surface area (Å²) in [4.78, 5) is 13.8. The molecule has 0 aliphatic carbocycles. The van der Waals surface area contributed by atoms with E-state index < -0.39 is 0 Å². The molecule has 21 heavy (non-hydrogen) atoms. The molecule has 1 saturated heterocycles. The highest BCUT2D eigenvalue weighted by Gasteiger charge is 2.24. The molecule has 1 aromatic carbocycles. The summed E-state index contributed by atoms with van der Waals surface area (Å²) in [5, 5.41) is 8.45. The molecule has 1 fully saturated rings. The lowest BCUT2D eigenvalue weighted by molar-refractivity contribution is 0.0540. The summed E-state index contributed by atoms with van der Waals surface area (Å²) in [5.74, 6) is 0.288. The third kappa shape index (κ3) is 5.09. The molecule has 1 amide bonds. The summed E-state index contributed by atoms with van der Waals surface area (Å²) >= 11 is 0. The molecule has 0 radical (unpaired) electrons. The lowest BCUT2D eigenvalue weighted by Gasteiger charge is -2.31. The Hall–Kier alpha value is -2.06. The maximum Gasteiger partial charge on any atom is 0.410 e. The topological polar surface area (TPSA) is 62.6 Å². The molecule has 1 unspecified atom stereocenters. The lowest BCUT2D eigenvalue weighted by Crippen LogP contribution is -2.41. The van der Waals surface area contributed by atoms with Crippen molar-refractivity contribution in [2.75, 3.05) is 26.3 Å². The fraction of sp³-hybridized carbons (Fsp3) is 0.500. The zero-order valence-electron chi connectivity index (χ0n) is 12.0. The van der Waals surface area contributed by atoms with Gasteiger partial charge in [0.1, 0.15) is 13.2 Å². The van der Waals surface area contributed by atoms with E-state index in [1.807, 2.05) is 36.4 Å². The standard InChI is InChI=1S/C16H20N2O3/c17-8-10-20-12-15-7-4-9-18(11-15)16(19)21-13-14-5-2-1-3-6-14/h1-3,5-6,15H,4,7,9-13H2. The summed E-state index contributed by atoms with van der Waals surface area (Å²) in [6.07, 6.45) is 1.69. The van der Waals surface area contributed by atoms with Gasteiger partial charge in [0.15, 0.2) is 0 Å². The van der Waals surface area contributed by atoms with E-state index in [9.17, 15) is 4.79 Å². The molecule has 1 aromatic rings. The first-order valence-corrected chi connectivity index (χ1v) is 7.20. The molecule has 1 aliphatic rings. The van der Waals surface area contributed by atoms with Crippen LogP contribution in [0.3, 0.4) is 0 Å². The molecule has 0 spiro atoms. The second-order valence-electron chi connectivity index (χ2n) is 5.17. The Labute approximate surface area is 125 Å². The van der Waals surface area contributed by atoms with Gasteiger partial charge in [-0.05, 0) is 18.4 Å². The summed E-state index contributed by atoms with van der Waals surface area (Å²) in [7, 11) is 0. The van der Waals surface area contributed by atoms with E-state index in [1.165, 1.54) is 0 Å². The van der Waals surface area contributed by atoms with Crippen LogP contribution in [-0.4, -0.2) is 37.3 Å². The summed E-state index contributed by atoms with van der Waals surface area (Å²) < 4.78 is 10.6. The Balaban J connectivity index is 1.75. The van der Waals surface area contributed by atoms with Gasteiger partial charge in [0.05, 0.1) is 12.7 Å². The quantitative estimate of drug-likeness (QED) is 0.781. The zero-order chi connectivity index (χ0) is 14.9. The number of hydrogen-bond acceptors (Lipinski definition) is 4. The lowest BCUT2D eigenvalue weighted by atomic mass is 9.99. The van der Waals surface area contributed by atoms with E-state index in [0.717, 1.165) is 24.9 Å². The summed E-state index contributed by atoms with van der Waals surface area (Å²) in [6.45, 7) is 2.29. The van der Waals surface area contributed by atoms with Gasteiger partial charge in [-0.25, -0.2) is 4.79 Å². The largest absolute Gasteiger partial charge is 0.445 e. The Morgan fingerprint density at radius 3 is 2.95 bits per heavy atom. The predicted octanol–water partition coefficient (Wildman–Crippen LogP) is 2.58. The first-order valence-electron chi connectivity index (χ1n) is 7.20. The Morgan fingerprint density at radius 2 is 2.19 bits per heavy atom. The number of amides is 1. The number of carbonyl (C=O) groups is 1. The fourth-order valence-electron chi connectivity index (χ4n) is 2.45. The van der Waals surface area contributed by atoms with Crippen molar-refractivity contribution in [1.29, 1.82) is 5.26 Å². The average Bonchev–Trinajstić information content (AvgIpc) is 2.54. The SMILES string of the molecule is N#CCOCC1CCCN(C(=O)OCc2ccccc2)C1. The molecule has 1 aliphatic heterocycles. The van der Waals surface area contributed by atoms with Crippen molar-refractivity contribution >= 4 is 6.09 Å². The number of rotatable bonds is 5. The van der Waals surface area contributed by atoms with Crippen LogP contribution in [0.1, 0.15) is 18.4 Å². The normalized spacial score (nSPS) is 18.0. The van der Waals surface area contributed by atoms with Gasteiger partial charge in [-0.1, -0.05) is 30.3 Å². The molecule has 0 aromatic heterocycles. The van der Waals surface area contributed by atoms with Crippen molar-refractivity contribution in [1.82, 2.24) is 4.90 Å². The second kappa shape index (κ2) is 8.28. The average molecular weight is 288 g/mol. The molecule has 1 heterocycles. The van der Waals surface area contributed by atoms with E-state index in [-0.39, 0.29) is 18.6 Å². The van der Waals surface area contributed by atoms with Crippen LogP contribution in [0.25, 0.3) is 0 Å². The summed E-state index contributed by atoms with van der Waals surface area (Å²) in [5.41, 5.74) is 0.983. The minimum atomic E-state index is -0.274. The number of hydrogen-bond donors (Lipinski definition) is 0. The number of piperidine rings is 1. The Bertz CT molecular complexity index is 484. The van der Waals surface area contributed by atoms with Crippen LogP contribution in [0.2, 0.25) is 0 Å². The molecule has 0 N–H and O–H groups in total. The Kier molecular flexibility index (Phi) is 6.04. The second-order valence-corrected chi connectivity index (χ2v) is 5.17. The van der Waals surface area contributed by atoms with Gasteiger partial charge in [0, 0.05) is 19.0 Å². The number of carbonyl (C=O) groups excluding carboxylic acids is 1.